The first-order valence-electron chi connectivity index (χ1n) is 13.5. The lowest BCUT2D eigenvalue weighted by Gasteiger charge is -2.27. The van der Waals surface area contributed by atoms with Crippen LogP contribution in [0.5, 0.6) is 0 Å². The van der Waals surface area contributed by atoms with Crippen LogP contribution in [0, 0.1) is 0 Å². The maximum Gasteiger partial charge on any atom is 0.285 e. The van der Waals surface area contributed by atoms with Gasteiger partial charge in [0.05, 0.1) is 0 Å². The molecule has 0 aromatic heterocycles. The van der Waals surface area contributed by atoms with Crippen molar-refractivity contribution in [2.24, 2.45) is 32.4 Å². The summed E-state index contributed by atoms with van der Waals surface area (Å²) in [5.74, 6) is 9.68. The van der Waals surface area contributed by atoms with Crippen molar-refractivity contribution in [2.75, 3.05) is 26.2 Å². The number of fused-ring (bicyclic) bond motifs is 1. The highest BCUT2D eigenvalue weighted by atomic mass is 16.2. The van der Waals surface area contributed by atoms with Gasteiger partial charge < -0.3 is 21.5 Å². The fourth-order valence-electron chi connectivity index (χ4n) is 5.52. The van der Waals surface area contributed by atoms with Gasteiger partial charge in [-0.05, 0) is 61.3 Å². The van der Waals surface area contributed by atoms with Crippen molar-refractivity contribution >= 4 is 17.7 Å². The van der Waals surface area contributed by atoms with Gasteiger partial charge in [-0.25, -0.2) is 0 Å². The van der Waals surface area contributed by atoms with E-state index in [0.29, 0.717) is 25.0 Å². The van der Waals surface area contributed by atoms with Gasteiger partial charge in [-0.2, -0.15) is 5.11 Å². The molecule has 12 nitrogen and oxygen atoms in total. The summed E-state index contributed by atoms with van der Waals surface area (Å²) < 4.78 is 0. The second kappa shape index (κ2) is 13.2. The van der Waals surface area contributed by atoms with Gasteiger partial charge in [-0.1, -0.05) is 46.8 Å². The zero-order chi connectivity index (χ0) is 27.8. The minimum atomic E-state index is -0.590. The summed E-state index contributed by atoms with van der Waals surface area (Å²) in [7, 11) is 0. The maximum atomic E-state index is 13.5. The molecule has 2 heterocycles. The molecule has 5 N–H and O–H groups in total. The Balaban J connectivity index is 1.56. The van der Waals surface area contributed by atoms with E-state index < -0.39 is 12.1 Å². The minimum Gasteiger partial charge on any atom is -0.339 e. The van der Waals surface area contributed by atoms with Gasteiger partial charge in [-0.15, -0.1) is 0 Å². The number of allylic oxidation sites excluding steroid dienone is 5. The van der Waals surface area contributed by atoms with E-state index in [-0.39, 0.29) is 30.8 Å². The smallest absolute Gasteiger partial charge is 0.285 e. The molecule has 3 amide bonds. The molecule has 0 saturated carbocycles. The Morgan fingerprint density at radius 1 is 1.00 bits per heavy atom. The van der Waals surface area contributed by atoms with Gasteiger partial charge in [0.2, 0.25) is 11.8 Å². The Hall–Kier alpha value is -3.93. The van der Waals surface area contributed by atoms with Crippen molar-refractivity contribution in [1.29, 1.82) is 0 Å². The van der Waals surface area contributed by atoms with Crippen LogP contribution in [0.25, 0.3) is 0 Å². The zero-order valence-electron chi connectivity index (χ0n) is 22.4. The first-order chi connectivity index (χ1) is 18.9. The van der Waals surface area contributed by atoms with E-state index in [0.717, 1.165) is 49.9 Å². The highest BCUT2D eigenvalue weighted by Gasteiger charge is 2.31. The second-order valence-electron chi connectivity index (χ2n) is 10.1. The van der Waals surface area contributed by atoms with E-state index in [4.69, 9.17) is 11.7 Å². The number of carbonyl (C=O) groups excluding carboxylic acids is 3. The number of hydrogen-bond donors (Lipinski definition) is 3. The zero-order valence-corrected chi connectivity index (χ0v) is 22.4. The molecule has 1 saturated heterocycles. The number of amides is 3. The van der Waals surface area contributed by atoms with Crippen molar-refractivity contribution < 1.29 is 14.4 Å². The largest absolute Gasteiger partial charge is 0.339 e. The van der Waals surface area contributed by atoms with Crippen molar-refractivity contribution in [3.05, 3.63) is 58.2 Å². The summed E-state index contributed by atoms with van der Waals surface area (Å²) >= 11 is 0. The number of nitrogens with zero attached hydrogens (tertiary/aromatic N) is 6. The second-order valence-corrected chi connectivity index (χ2v) is 10.1. The summed E-state index contributed by atoms with van der Waals surface area (Å²) in [5.41, 5.74) is 4.70. The molecular weight excluding hydrogens is 498 g/mol. The van der Waals surface area contributed by atoms with E-state index >= 15 is 0 Å². The van der Waals surface area contributed by atoms with E-state index in [2.05, 4.69) is 38.1 Å². The first-order valence-corrected chi connectivity index (χ1v) is 13.5. The Labute approximate surface area is 228 Å². The maximum absolute atomic E-state index is 13.5. The topological polar surface area (TPSA) is 171 Å². The third-order valence-corrected chi connectivity index (χ3v) is 7.44. The molecule has 2 unspecified atom stereocenters. The standard InChI is InChI=1S/C27H37N9O3/c1-2-11-36(17-25(37)32-34-29)27(39)22-14-21-10-9-20(15-23(21)30-24(16-22)31-33-28)18-5-7-19(8-6-18)26(38)35-12-3-4-13-35/h5,7,9-10,14,23-24,30H,2-4,6,8,11-13,15-17H2,1H3,(H2,28,31)(H2,29,32,37). The molecule has 2 aliphatic carbocycles. The molecular formula is C27H37N9O3. The molecule has 4 rings (SSSR count). The number of rotatable bonds is 8. The molecule has 12 heteroatoms. The summed E-state index contributed by atoms with van der Waals surface area (Å²) in [4.78, 5) is 41.7. The van der Waals surface area contributed by atoms with E-state index in [1.165, 1.54) is 16.0 Å². The normalized spacial score (nSPS) is 23.4. The molecule has 0 aromatic carbocycles. The number of carbonyl (C=O) groups is 3. The van der Waals surface area contributed by atoms with Gasteiger partial charge in [0.25, 0.3) is 5.91 Å². The average Bonchev–Trinajstić information content (AvgIpc) is 3.41. The number of hydrogen-bond acceptors (Lipinski definition) is 7. The van der Waals surface area contributed by atoms with Crippen LogP contribution in [0.1, 0.15) is 51.9 Å². The van der Waals surface area contributed by atoms with Gasteiger partial charge in [0, 0.05) is 43.2 Å². The Bertz CT molecular complexity index is 1190. The Kier molecular flexibility index (Phi) is 9.53. The van der Waals surface area contributed by atoms with Crippen LogP contribution in [-0.4, -0.2) is 65.9 Å². The van der Waals surface area contributed by atoms with Gasteiger partial charge >= 0.3 is 0 Å². The summed E-state index contributed by atoms with van der Waals surface area (Å²) in [6.45, 7) is 3.80. The molecule has 208 valence electrons. The van der Waals surface area contributed by atoms with Crippen LogP contribution >= 0.6 is 0 Å². The van der Waals surface area contributed by atoms with Crippen LogP contribution in [0.3, 0.4) is 0 Å². The molecule has 2 atom stereocenters. The monoisotopic (exact) mass is 535 g/mol. The van der Waals surface area contributed by atoms with Crippen LogP contribution in [0.15, 0.2) is 78.9 Å². The molecule has 0 spiro atoms. The third kappa shape index (κ3) is 6.94. The fraction of sp³-hybridized carbons (Fsp3) is 0.519. The predicted octanol–water partition coefficient (Wildman–Crippen LogP) is 2.54. The molecule has 4 aliphatic rings. The Morgan fingerprint density at radius 3 is 2.44 bits per heavy atom. The lowest BCUT2D eigenvalue weighted by molar-refractivity contribution is -0.132. The van der Waals surface area contributed by atoms with Crippen molar-refractivity contribution in [3.63, 3.8) is 0 Å². The molecule has 0 aromatic rings. The average molecular weight is 536 g/mol. The van der Waals surface area contributed by atoms with Crippen molar-refractivity contribution in [2.45, 2.75) is 64.1 Å². The van der Waals surface area contributed by atoms with Crippen molar-refractivity contribution in [3.8, 4) is 0 Å². The molecule has 0 bridgehead atoms. The predicted molar refractivity (Wildman–Crippen MR) is 145 cm³/mol. The Morgan fingerprint density at radius 2 is 1.77 bits per heavy atom. The lowest BCUT2D eigenvalue weighted by Crippen LogP contribution is -2.39. The lowest BCUT2D eigenvalue weighted by atomic mass is 9.84. The highest BCUT2D eigenvalue weighted by molar-refractivity contribution is 5.96. The molecule has 39 heavy (non-hydrogen) atoms. The van der Waals surface area contributed by atoms with Crippen LogP contribution in [0.4, 0.5) is 0 Å². The van der Waals surface area contributed by atoms with Gasteiger partial charge in [0.15, 0.2) is 0 Å². The number of likely N-dealkylation sites (tertiary alicyclic amines) is 1. The summed E-state index contributed by atoms with van der Waals surface area (Å²) in [5, 5.41) is 17.4. The summed E-state index contributed by atoms with van der Waals surface area (Å²) in [6.07, 6.45) is 14.8. The highest BCUT2D eigenvalue weighted by Crippen LogP contribution is 2.34. The molecule has 2 aliphatic heterocycles. The van der Waals surface area contributed by atoms with Crippen molar-refractivity contribution in [1.82, 2.24) is 15.1 Å². The van der Waals surface area contributed by atoms with Gasteiger partial charge in [-0.3, -0.25) is 19.7 Å². The molecule has 1 fully saturated rings. The molecule has 0 radical (unpaired) electrons. The van der Waals surface area contributed by atoms with E-state index in [1.807, 2.05) is 30.1 Å². The quantitative estimate of drug-likeness (QED) is 0.245. The fourth-order valence-corrected chi connectivity index (χ4v) is 5.52. The van der Waals surface area contributed by atoms with Crippen LogP contribution in [0.2, 0.25) is 0 Å². The van der Waals surface area contributed by atoms with E-state index in [1.54, 1.807) is 0 Å². The van der Waals surface area contributed by atoms with Crippen LogP contribution in [-0.2, 0) is 14.4 Å². The summed E-state index contributed by atoms with van der Waals surface area (Å²) in [6, 6.07) is -0.101. The van der Waals surface area contributed by atoms with Gasteiger partial charge in [0.1, 0.15) is 12.7 Å². The minimum absolute atomic E-state index is 0.101. The van der Waals surface area contributed by atoms with E-state index in [9.17, 15) is 14.4 Å². The van der Waals surface area contributed by atoms with Crippen LogP contribution < -0.4 is 17.0 Å². The third-order valence-electron chi connectivity index (χ3n) is 7.44. The number of nitrogens with one attached hydrogen (secondary N) is 1. The number of nitrogens with two attached hydrogens (primary N) is 2. The SMILES string of the molecule is CCCN(CC(=O)N=NN)C(=O)C1=CC2=CC=C(C3=CC=C(C(=O)N4CCCC4)CC3)CC2NC(N=NN)C1. The first kappa shape index (κ1) is 28.1.